The topological polar surface area (TPSA) is 36.9 Å². The van der Waals surface area contributed by atoms with Crippen LogP contribution in [0.25, 0.3) is 0 Å². The molecule has 3 aliphatic rings. The van der Waals surface area contributed by atoms with Gasteiger partial charge in [0.25, 0.3) is 0 Å². The van der Waals surface area contributed by atoms with E-state index in [1.165, 1.54) is 5.57 Å². The predicted molar refractivity (Wildman–Crippen MR) is 88.9 cm³/mol. The largest absolute Gasteiger partial charge is 0.368 e. The number of fused-ring (bicyclic) bond motifs is 3. The third-order valence-electron chi connectivity index (χ3n) is 4.61. The Balaban J connectivity index is 1.75. The van der Waals surface area contributed by atoms with Gasteiger partial charge in [-0.15, -0.1) is 13.2 Å². The van der Waals surface area contributed by atoms with E-state index in [9.17, 15) is 0 Å². The van der Waals surface area contributed by atoms with Crippen molar-refractivity contribution in [3.8, 4) is 0 Å². The van der Waals surface area contributed by atoms with Gasteiger partial charge in [-0.1, -0.05) is 18.2 Å². The van der Waals surface area contributed by atoms with Crippen LogP contribution in [0.5, 0.6) is 0 Å². The molecule has 2 fully saturated rings. The van der Waals surface area contributed by atoms with Gasteiger partial charge in [-0.3, -0.25) is 0 Å². The molecule has 0 aromatic carbocycles. The number of ether oxygens (including phenoxy) is 4. The molecule has 3 rings (SSSR count). The van der Waals surface area contributed by atoms with Crippen LogP contribution >= 0.6 is 0 Å². The van der Waals surface area contributed by atoms with E-state index in [2.05, 4.69) is 19.2 Å². The summed E-state index contributed by atoms with van der Waals surface area (Å²) in [7, 11) is 0. The fraction of sp³-hybridized carbons (Fsp3) is 0.684. The standard InChI is InChI=1S/C19H28O4/c1-5-7-9-10-13-12-14-16(15(20-13)11-8-6-2)21-18-17(14)22-19(3,4)23-18/h5-6,12-13,15-18H,1-2,7-11H2,3-4H3/t13-,15-,16+,17-,18-/m1/s1. The van der Waals surface area contributed by atoms with Crippen LogP contribution in [-0.4, -0.2) is 36.5 Å². The lowest BCUT2D eigenvalue weighted by Gasteiger charge is -2.34. The highest BCUT2D eigenvalue weighted by Gasteiger charge is 2.54. The maximum Gasteiger partial charge on any atom is 0.191 e. The molecule has 3 heterocycles. The second kappa shape index (κ2) is 6.89. The van der Waals surface area contributed by atoms with Gasteiger partial charge < -0.3 is 18.9 Å². The van der Waals surface area contributed by atoms with Gasteiger partial charge in [0.2, 0.25) is 0 Å². The monoisotopic (exact) mass is 320 g/mol. The van der Waals surface area contributed by atoms with E-state index in [1.807, 2.05) is 26.0 Å². The fourth-order valence-electron chi connectivity index (χ4n) is 3.60. The average Bonchev–Trinajstić information content (AvgIpc) is 2.97. The zero-order chi connectivity index (χ0) is 16.4. The summed E-state index contributed by atoms with van der Waals surface area (Å²) in [6.07, 6.45) is 10.7. The third-order valence-corrected chi connectivity index (χ3v) is 4.61. The first-order chi connectivity index (χ1) is 11.0. The van der Waals surface area contributed by atoms with Crippen molar-refractivity contribution in [2.45, 2.75) is 82.4 Å². The third kappa shape index (κ3) is 3.61. The molecule has 0 radical (unpaired) electrons. The second-order valence-electron chi connectivity index (χ2n) is 6.95. The molecule has 3 aliphatic heterocycles. The molecule has 128 valence electrons. The number of unbranched alkanes of at least 4 members (excludes halogenated alkanes) is 1. The first-order valence-electron chi connectivity index (χ1n) is 8.64. The van der Waals surface area contributed by atoms with Crippen LogP contribution in [0.1, 0.15) is 46.0 Å². The molecule has 0 unspecified atom stereocenters. The Kier molecular flexibility index (Phi) is 5.07. The summed E-state index contributed by atoms with van der Waals surface area (Å²) in [5, 5.41) is 0. The molecule has 23 heavy (non-hydrogen) atoms. The number of rotatable bonds is 7. The molecule has 0 aromatic rings. The van der Waals surface area contributed by atoms with Gasteiger partial charge >= 0.3 is 0 Å². The molecule has 4 heteroatoms. The molecular weight excluding hydrogens is 292 g/mol. The Labute approximate surface area is 139 Å². The summed E-state index contributed by atoms with van der Waals surface area (Å²) in [5.41, 5.74) is 1.20. The van der Waals surface area contributed by atoms with E-state index in [0.29, 0.717) is 0 Å². The predicted octanol–water partition coefficient (Wildman–Crippen LogP) is 3.88. The highest BCUT2D eigenvalue weighted by Crippen LogP contribution is 2.44. The van der Waals surface area contributed by atoms with Crippen LogP contribution in [0.15, 0.2) is 37.0 Å². The van der Waals surface area contributed by atoms with Crippen LogP contribution in [0.2, 0.25) is 0 Å². The van der Waals surface area contributed by atoms with Gasteiger partial charge in [0.15, 0.2) is 12.1 Å². The van der Waals surface area contributed by atoms with Gasteiger partial charge in [0.1, 0.15) is 12.2 Å². The Bertz CT molecular complexity index is 482. The molecule has 0 amide bonds. The van der Waals surface area contributed by atoms with E-state index >= 15 is 0 Å². The fourth-order valence-corrected chi connectivity index (χ4v) is 3.60. The maximum absolute atomic E-state index is 6.27. The first-order valence-corrected chi connectivity index (χ1v) is 8.64. The van der Waals surface area contributed by atoms with Gasteiger partial charge in [-0.2, -0.15) is 0 Å². The SMILES string of the molecule is C=CCCC[C@@H]1C=C2[C@H]3OC(C)(C)O[C@H]3O[C@@H]2[C@@H](CCC=C)O1. The first kappa shape index (κ1) is 16.9. The lowest BCUT2D eigenvalue weighted by molar-refractivity contribution is -0.215. The summed E-state index contributed by atoms with van der Waals surface area (Å²) < 4.78 is 24.3. The van der Waals surface area contributed by atoms with Crippen molar-refractivity contribution < 1.29 is 18.9 Å². The van der Waals surface area contributed by atoms with E-state index in [-0.39, 0.29) is 30.7 Å². The van der Waals surface area contributed by atoms with Crippen molar-refractivity contribution in [3.63, 3.8) is 0 Å². The normalized spacial score (nSPS) is 37.8. The summed E-state index contributed by atoms with van der Waals surface area (Å²) >= 11 is 0. The maximum atomic E-state index is 6.27. The van der Waals surface area contributed by atoms with Gasteiger partial charge in [0, 0.05) is 0 Å². The van der Waals surface area contributed by atoms with Gasteiger partial charge in [0.05, 0.1) is 12.2 Å². The highest BCUT2D eigenvalue weighted by atomic mass is 16.8. The Morgan fingerprint density at radius 3 is 2.57 bits per heavy atom. The van der Waals surface area contributed by atoms with E-state index < -0.39 is 5.79 Å². The highest BCUT2D eigenvalue weighted by molar-refractivity contribution is 5.26. The zero-order valence-corrected chi connectivity index (χ0v) is 14.2. The van der Waals surface area contributed by atoms with E-state index in [1.54, 1.807) is 0 Å². The van der Waals surface area contributed by atoms with Crippen LogP contribution in [0.4, 0.5) is 0 Å². The van der Waals surface area contributed by atoms with Crippen LogP contribution < -0.4 is 0 Å². The van der Waals surface area contributed by atoms with Crippen molar-refractivity contribution in [2.75, 3.05) is 0 Å². The Morgan fingerprint density at radius 2 is 1.83 bits per heavy atom. The van der Waals surface area contributed by atoms with Crippen molar-refractivity contribution in [1.82, 2.24) is 0 Å². The average molecular weight is 320 g/mol. The number of hydrogen-bond acceptors (Lipinski definition) is 4. The smallest absolute Gasteiger partial charge is 0.191 e. The number of hydrogen-bond donors (Lipinski definition) is 0. The van der Waals surface area contributed by atoms with Crippen LogP contribution in [0, 0.1) is 0 Å². The second-order valence-corrected chi connectivity index (χ2v) is 6.95. The minimum absolute atomic E-state index is 0.0441. The van der Waals surface area contributed by atoms with Crippen molar-refractivity contribution >= 4 is 0 Å². The van der Waals surface area contributed by atoms with E-state index in [4.69, 9.17) is 18.9 Å². The molecule has 2 saturated heterocycles. The molecule has 0 saturated carbocycles. The minimum atomic E-state index is -0.589. The summed E-state index contributed by atoms with van der Waals surface area (Å²) in [5.74, 6) is -0.589. The van der Waals surface area contributed by atoms with Crippen LogP contribution in [0.3, 0.4) is 0 Å². The molecule has 0 bridgehead atoms. The molecule has 0 aromatic heterocycles. The van der Waals surface area contributed by atoms with Crippen molar-refractivity contribution in [2.24, 2.45) is 0 Å². The van der Waals surface area contributed by atoms with Crippen LogP contribution in [-0.2, 0) is 18.9 Å². The van der Waals surface area contributed by atoms with E-state index in [0.717, 1.165) is 32.1 Å². The summed E-state index contributed by atoms with van der Waals surface area (Å²) in [6.45, 7) is 11.5. The molecule has 0 aliphatic carbocycles. The molecule has 4 nitrogen and oxygen atoms in total. The van der Waals surface area contributed by atoms with Crippen molar-refractivity contribution in [1.29, 1.82) is 0 Å². The molecular formula is C19H28O4. The molecule has 0 N–H and O–H groups in total. The summed E-state index contributed by atoms with van der Waals surface area (Å²) in [4.78, 5) is 0. The Morgan fingerprint density at radius 1 is 1.04 bits per heavy atom. The molecule has 5 atom stereocenters. The lowest BCUT2D eigenvalue weighted by atomic mass is 9.93. The Hall–Kier alpha value is -0.940. The molecule has 0 spiro atoms. The zero-order valence-electron chi connectivity index (χ0n) is 14.2. The van der Waals surface area contributed by atoms with Gasteiger partial charge in [-0.05, 0) is 51.5 Å². The van der Waals surface area contributed by atoms with Gasteiger partial charge in [-0.25, -0.2) is 0 Å². The summed E-state index contributed by atoms with van der Waals surface area (Å²) in [6, 6.07) is 0. The lowest BCUT2D eigenvalue weighted by Crippen LogP contribution is -2.40. The number of allylic oxidation sites excluding steroid dienone is 2. The van der Waals surface area contributed by atoms with Crippen molar-refractivity contribution in [3.05, 3.63) is 37.0 Å². The minimum Gasteiger partial charge on any atom is -0.368 e. The quantitative estimate of drug-likeness (QED) is 0.527.